The van der Waals surface area contributed by atoms with Crippen LogP contribution in [-0.2, 0) is 4.74 Å². The summed E-state index contributed by atoms with van der Waals surface area (Å²) in [6.07, 6.45) is -4.78. The van der Waals surface area contributed by atoms with Crippen molar-refractivity contribution in [2.24, 2.45) is 0 Å². The number of hydrogen-bond acceptors (Lipinski definition) is 1. The van der Waals surface area contributed by atoms with Crippen LogP contribution >= 0.6 is 58.0 Å². The minimum atomic E-state index is -4.78. The summed E-state index contributed by atoms with van der Waals surface area (Å²) >= 11 is 23.9. The molecule has 0 radical (unpaired) electrons. The molecule has 0 bridgehead atoms. The second-order valence-electron chi connectivity index (χ2n) is 2.52. The minimum Gasteiger partial charge on any atom is -0.262 e. The van der Waals surface area contributed by atoms with Gasteiger partial charge in [-0.2, -0.15) is 13.2 Å². The zero-order valence-corrected chi connectivity index (χ0v) is 10.6. The molecule has 0 aromatic carbocycles. The van der Waals surface area contributed by atoms with Crippen molar-refractivity contribution >= 4 is 58.0 Å². The van der Waals surface area contributed by atoms with Crippen LogP contribution < -0.4 is 0 Å². The first-order valence-electron chi connectivity index (χ1n) is 3.11. The van der Waals surface area contributed by atoms with Crippen LogP contribution in [0.5, 0.6) is 0 Å². The molecule has 0 N–H and O–H groups in total. The van der Waals surface area contributed by atoms with Gasteiger partial charge in [0, 0.05) is 0 Å². The summed E-state index contributed by atoms with van der Waals surface area (Å²) in [5, 5.41) is -7.64. The number of alkyl halides is 9. The Morgan fingerprint density at radius 1 is 0.867 bits per heavy atom. The zero-order chi connectivity index (χ0) is 12.7. The number of halogens is 9. The van der Waals surface area contributed by atoms with E-state index in [2.05, 4.69) is 16.3 Å². The van der Waals surface area contributed by atoms with Crippen LogP contribution in [0.15, 0.2) is 0 Å². The highest BCUT2D eigenvalue weighted by atomic mass is 35.6. The molecule has 0 amide bonds. The van der Waals surface area contributed by atoms with Crippen LogP contribution in [0.4, 0.5) is 17.6 Å². The van der Waals surface area contributed by atoms with Crippen LogP contribution in [0.1, 0.15) is 6.92 Å². The predicted molar refractivity (Wildman–Crippen MR) is 51.4 cm³/mol. The van der Waals surface area contributed by atoms with Crippen LogP contribution in [0.3, 0.4) is 0 Å². The van der Waals surface area contributed by atoms with Gasteiger partial charge in [0.1, 0.15) is 0 Å². The van der Waals surface area contributed by atoms with Crippen molar-refractivity contribution in [2.45, 2.75) is 27.3 Å². The quantitative estimate of drug-likeness (QED) is 0.535. The molecule has 1 nitrogen and oxygen atoms in total. The van der Waals surface area contributed by atoms with Gasteiger partial charge in [0.15, 0.2) is 0 Å². The fourth-order valence-electron chi connectivity index (χ4n) is 0.308. The van der Waals surface area contributed by atoms with Crippen LogP contribution in [0, 0.1) is 0 Å². The van der Waals surface area contributed by atoms with Crippen molar-refractivity contribution in [1.82, 2.24) is 0 Å². The third-order valence-electron chi connectivity index (χ3n) is 1.10. The molecule has 0 spiro atoms. The van der Waals surface area contributed by atoms with Gasteiger partial charge in [-0.1, -0.05) is 46.4 Å². The lowest BCUT2D eigenvalue weighted by Gasteiger charge is -2.32. The van der Waals surface area contributed by atoms with Crippen LogP contribution in [0.25, 0.3) is 0 Å². The molecular formula is C5H3Cl5F4O. The Balaban J connectivity index is 4.89. The van der Waals surface area contributed by atoms with E-state index in [-0.39, 0.29) is 6.92 Å². The van der Waals surface area contributed by atoms with E-state index >= 15 is 0 Å². The van der Waals surface area contributed by atoms with Gasteiger partial charge in [-0.25, -0.2) is 4.39 Å². The maximum absolute atomic E-state index is 13.1. The normalized spacial score (nSPS) is 22.0. The Bertz CT molecular complexity index is 209. The van der Waals surface area contributed by atoms with E-state index < -0.39 is 20.3 Å². The molecule has 0 aliphatic rings. The molecule has 2 unspecified atom stereocenters. The highest BCUT2D eigenvalue weighted by Crippen LogP contribution is 2.50. The average Bonchev–Trinajstić information content (AvgIpc) is 1.77. The van der Waals surface area contributed by atoms with E-state index in [0.717, 1.165) is 0 Å². The summed E-state index contributed by atoms with van der Waals surface area (Å²) in [5.74, 6) is 0. The monoisotopic (exact) mass is 330 g/mol. The zero-order valence-electron chi connectivity index (χ0n) is 6.81. The van der Waals surface area contributed by atoms with Crippen molar-refractivity contribution in [3.05, 3.63) is 0 Å². The second-order valence-corrected chi connectivity index (χ2v) is 6.00. The fourth-order valence-corrected chi connectivity index (χ4v) is 0.560. The first-order chi connectivity index (χ1) is 6.21. The van der Waals surface area contributed by atoms with Crippen molar-refractivity contribution in [1.29, 1.82) is 0 Å². The lowest BCUT2D eigenvalue weighted by Crippen LogP contribution is -2.48. The van der Waals surface area contributed by atoms with Crippen molar-refractivity contribution in [3.8, 4) is 0 Å². The predicted octanol–water partition coefficient (Wildman–Crippen LogP) is 4.75. The Morgan fingerprint density at radius 3 is 1.40 bits per heavy atom. The molecule has 0 aromatic heterocycles. The second kappa shape index (κ2) is 4.42. The molecule has 15 heavy (non-hydrogen) atoms. The van der Waals surface area contributed by atoms with Crippen LogP contribution in [0.2, 0.25) is 0 Å². The third-order valence-corrected chi connectivity index (χ3v) is 2.70. The van der Waals surface area contributed by atoms with Crippen molar-refractivity contribution in [2.75, 3.05) is 0 Å². The Hall–Kier alpha value is 1.13. The lowest BCUT2D eigenvalue weighted by atomic mass is 10.4. The number of ether oxygens (including phenoxy) is 1. The molecule has 92 valence electrons. The van der Waals surface area contributed by atoms with Gasteiger partial charge in [0.2, 0.25) is 0 Å². The average molecular weight is 332 g/mol. The van der Waals surface area contributed by atoms with E-state index in [1.165, 1.54) is 0 Å². The van der Waals surface area contributed by atoms with Gasteiger partial charge in [-0.3, -0.25) is 4.74 Å². The highest BCUT2D eigenvalue weighted by Gasteiger charge is 2.62. The maximum Gasteiger partial charge on any atom is 0.407 e. The van der Waals surface area contributed by atoms with Gasteiger partial charge in [-0.05, 0) is 18.5 Å². The summed E-state index contributed by atoms with van der Waals surface area (Å²) in [6, 6.07) is 0. The van der Waals surface area contributed by atoms with Gasteiger partial charge < -0.3 is 0 Å². The Morgan fingerprint density at radius 2 is 1.20 bits per heavy atom. The smallest absolute Gasteiger partial charge is 0.262 e. The number of hydrogen-bond donors (Lipinski definition) is 0. The molecule has 0 rings (SSSR count). The van der Waals surface area contributed by atoms with E-state index in [4.69, 9.17) is 46.4 Å². The summed E-state index contributed by atoms with van der Waals surface area (Å²) < 4.78 is 51.3. The lowest BCUT2D eigenvalue weighted by molar-refractivity contribution is -0.335. The standard InChI is InChI=1S/C5H3Cl5F4O/c1-2(6,11)5(13,14)15-4(10,12)3(7,8)9/h1H3. The van der Waals surface area contributed by atoms with Gasteiger partial charge in [-0.15, -0.1) is 0 Å². The molecule has 0 aliphatic heterocycles. The summed E-state index contributed by atoms with van der Waals surface area (Å²) in [7, 11) is 0. The van der Waals surface area contributed by atoms with E-state index in [1.54, 1.807) is 0 Å². The molecule has 0 fully saturated rings. The largest absolute Gasteiger partial charge is 0.407 e. The molecule has 0 saturated heterocycles. The Kier molecular flexibility index (Phi) is 4.76. The van der Waals surface area contributed by atoms with E-state index in [9.17, 15) is 17.6 Å². The summed E-state index contributed by atoms with van der Waals surface area (Å²) in [4.78, 5) is 0. The molecule has 0 aliphatic carbocycles. The minimum absolute atomic E-state index is 0.222. The van der Waals surface area contributed by atoms with Crippen LogP contribution in [-0.4, -0.2) is 20.3 Å². The SMILES string of the molecule is CC(F)(Cl)C(F)(F)OC(F)(Cl)C(Cl)(Cl)Cl. The highest BCUT2D eigenvalue weighted by molar-refractivity contribution is 6.70. The molecule has 2 atom stereocenters. The molecule has 0 heterocycles. The van der Waals surface area contributed by atoms with Crippen molar-refractivity contribution in [3.63, 3.8) is 0 Å². The van der Waals surface area contributed by atoms with Gasteiger partial charge in [0.05, 0.1) is 0 Å². The topological polar surface area (TPSA) is 9.23 Å². The van der Waals surface area contributed by atoms with E-state index in [1.807, 2.05) is 0 Å². The summed E-state index contributed by atoms with van der Waals surface area (Å²) in [5.41, 5.74) is 0. The summed E-state index contributed by atoms with van der Waals surface area (Å²) in [6.45, 7) is 0.222. The molecule has 0 saturated carbocycles. The first kappa shape index (κ1) is 16.1. The third kappa shape index (κ3) is 4.13. The van der Waals surface area contributed by atoms with E-state index in [0.29, 0.717) is 0 Å². The number of rotatable bonds is 3. The Labute approximate surface area is 107 Å². The van der Waals surface area contributed by atoms with Crippen molar-refractivity contribution < 1.29 is 22.3 Å². The fraction of sp³-hybridized carbons (Fsp3) is 1.00. The first-order valence-corrected chi connectivity index (χ1v) is 5.00. The molecular weight excluding hydrogens is 329 g/mol. The molecule has 10 heteroatoms. The maximum atomic E-state index is 13.1. The van der Waals surface area contributed by atoms with Gasteiger partial charge in [0.25, 0.3) is 8.92 Å². The molecule has 0 aromatic rings. The van der Waals surface area contributed by atoms with Gasteiger partial charge >= 0.3 is 11.4 Å².